The van der Waals surface area contributed by atoms with Gasteiger partial charge in [0, 0.05) is 19.4 Å². The van der Waals surface area contributed by atoms with Gasteiger partial charge in [-0.25, -0.2) is 0 Å². The first kappa shape index (κ1) is 18.3. The van der Waals surface area contributed by atoms with Gasteiger partial charge in [-0.1, -0.05) is 12.1 Å². The van der Waals surface area contributed by atoms with Gasteiger partial charge in [0.15, 0.2) is 11.5 Å². The molecule has 0 N–H and O–H groups in total. The molecule has 24 heavy (non-hydrogen) atoms. The predicted molar refractivity (Wildman–Crippen MR) is 93.2 cm³/mol. The van der Waals surface area contributed by atoms with Gasteiger partial charge in [-0.2, -0.15) is 0 Å². The molecule has 1 aromatic carbocycles. The van der Waals surface area contributed by atoms with Crippen molar-refractivity contribution in [3.8, 4) is 11.5 Å². The van der Waals surface area contributed by atoms with Crippen LogP contribution in [0.25, 0.3) is 0 Å². The van der Waals surface area contributed by atoms with E-state index in [1.807, 2.05) is 24.3 Å². The number of esters is 1. The van der Waals surface area contributed by atoms with Crippen LogP contribution >= 0.6 is 0 Å². The maximum atomic E-state index is 10.8. The van der Waals surface area contributed by atoms with Crippen LogP contribution in [-0.2, 0) is 9.53 Å². The fourth-order valence-corrected chi connectivity index (χ4v) is 3.29. The van der Waals surface area contributed by atoms with Crippen LogP contribution < -0.4 is 9.47 Å². The summed E-state index contributed by atoms with van der Waals surface area (Å²) >= 11 is 0. The van der Waals surface area contributed by atoms with Gasteiger partial charge < -0.3 is 14.2 Å². The fraction of sp³-hybridized carbons (Fsp3) is 0.526. The summed E-state index contributed by atoms with van der Waals surface area (Å²) in [6.07, 6.45) is 5.50. The number of para-hydroxylation sites is 2. The van der Waals surface area contributed by atoms with E-state index in [2.05, 4.69) is 18.0 Å². The van der Waals surface area contributed by atoms with Crippen molar-refractivity contribution in [3.05, 3.63) is 36.1 Å². The number of rotatable bonds is 3. The molecule has 2 atom stereocenters. The van der Waals surface area contributed by atoms with Crippen LogP contribution in [0.3, 0.4) is 0 Å². The highest BCUT2D eigenvalue weighted by Crippen LogP contribution is 2.34. The molecule has 0 bridgehead atoms. The Kier molecular flexibility index (Phi) is 6.67. The molecule has 5 heteroatoms. The Morgan fingerprint density at radius 2 is 1.75 bits per heavy atom. The number of fused-ring (bicyclic) bond motifs is 1. The first-order chi connectivity index (χ1) is 11.5. The van der Waals surface area contributed by atoms with E-state index in [9.17, 15) is 4.79 Å². The molecular weight excluding hydrogens is 306 g/mol. The van der Waals surface area contributed by atoms with Crippen LogP contribution in [0.5, 0.6) is 11.5 Å². The van der Waals surface area contributed by atoms with E-state index in [1.54, 1.807) is 14.2 Å². The minimum Gasteiger partial charge on any atom is -0.493 e. The highest BCUT2D eigenvalue weighted by atomic mass is 16.5. The average Bonchev–Trinajstić information content (AvgIpc) is 2.95. The molecule has 0 amide bonds. The Labute approximate surface area is 144 Å². The van der Waals surface area contributed by atoms with Crippen molar-refractivity contribution in [2.75, 3.05) is 27.8 Å². The van der Waals surface area contributed by atoms with E-state index in [-0.39, 0.29) is 5.97 Å². The minimum atomic E-state index is -0.199. The summed E-state index contributed by atoms with van der Waals surface area (Å²) in [5.41, 5.74) is 0. The van der Waals surface area contributed by atoms with Crippen LogP contribution in [0.15, 0.2) is 36.1 Å². The Balaban J connectivity index is 0.000000185. The molecule has 1 heterocycles. The van der Waals surface area contributed by atoms with Gasteiger partial charge >= 0.3 is 5.97 Å². The molecule has 0 aromatic heterocycles. The highest BCUT2D eigenvalue weighted by molar-refractivity contribution is 5.67. The summed E-state index contributed by atoms with van der Waals surface area (Å²) in [6, 6.07) is 8.03. The second-order valence-corrected chi connectivity index (χ2v) is 6.14. The second-order valence-electron chi connectivity index (χ2n) is 6.14. The van der Waals surface area contributed by atoms with Crippen molar-refractivity contribution in [2.45, 2.75) is 32.2 Å². The molecule has 132 valence electrons. The number of carbonyl (C=O) groups is 1. The van der Waals surface area contributed by atoms with Crippen molar-refractivity contribution in [3.63, 3.8) is 0 Å². The van der Waals surface area contributed by atoms with E-state index in [1.165, 1.54) is 19.9 Å². The van der Waals surface area contributed by atoms with Crippen LogP contribution in [-0.4, -0.2) is 44.7 Å². The predicted octanol–water partition coefficient (Wildman–Crippen LogP) is 3.25. The lowest BCUT2D eigenvalue weighted by Gasteiger charge is -2.27. The van der Waals surface area contributed by atoms with E-state index in [4.69, 9.17) is 14.2 Å². The SMILES string of the molecule is CC(=O)OC1=CC2[C@@H](CC1)CCN2C.COc1ccccc1OC. The van der Waals surface area contributed by atoms with Crippen molar-refractivity contribution in [1.29, 1.82) is 0 Å². The normalized spacial score (nSPS) is 22.6. The highest BCUT2D eigenvalue weighted by Gasteiger charge is 2.33. The lowest BCUT2D eigenvalue weighted by molar-refractivity contribution is -0.137. The molecule has 1 aromatic rings. The van der Waals surface area contributed by atoms with E-state index in [0.717, 1.165) is 36.0 Å². The molecule has 1 aliphatic carbocycles. The summed E-state index contributed by atoms with van der Waals surface area (Å²) in [5, 5.41) is 0. The summed E-state index contributed by atoms with van der Waals surface area (Å²) in [6.45, 7) is 2.63. The molecule has 1 fully saturated rings. The zero-order valence-corrected chi connectivity index (χ0v) is 15.0. The Morgan fingerprint density at radius 3 is 2.29 bits per heavy atom. The molecule has 0 radical (unpaired) electrons. The smallest absolute Gasteiger partial charge is 0.307 e. The van der Waals surface area contributed by atoms with Gasteiger partial charge in [0.25, 0.3) is 0 Å². The van der Waals surface area contributed by atoms with Crippen molar-refractivity contribution in [1.82, 2.24) is 4.90 Å². The lowest BCUT2D eigenvalue weighted by atomic mass is 9.89. The van der Waals surface area contributed by atoms with Crippen molar-refractivity contribution in [2.24, 2.45) is 5.92 Å². The molecule has 1 unspecified atom stereocenters. The number of methoxy groups -OCH3 is 2. The molecule has 0 saturated carbocycles. The van der Waals surface area contributed by atoms with Crippen LogP contribution in [0.2, 0.25) is 0 Å². The van der Waals surface area contributed by atoms with Gasteiger partial charge in [0.2, 0.25) is 0 Å². The van der Waals surface area contributed by atoms with Crippen molar-refractivity contribution < 1.29 is 19.0 Å². The Bertz CT molecular complexity index is 561. The minimum absolute atomic E-state index is 0.199. The second kappa shape index (κ2) is 8.73. The van der Waals surface area contributed by atoms with E-state index >= 15 is 0 Å². The number of benzene rings is 1. The summed E-state index contributed by atoms with van der Waals surface area (Å²) in [5.74, 6) is 2.98. The first-order valence-electron chi connectivity index (χ1n) is 8.31. The molecule has 1 saturated heterocycles. The third-order valence-electron chi connectivity index (χ3n) is 4.53. The number of hydrogen-bond donors (Lipinski definition) is 0. The monoisotopic (exact) mass is 333 g/mol. The van der Waals surface area contributed by atoms with Crippen LogP contribution in [0, 0.1) is 5.92 Å². The van der Waals surface area contributed by atoms with E-state index < -0.39 is 0 Å². The van der Waals surface area contributed by atoms with Gasteiger partial charge in [-0.05, 0) is 50.6 Å². The number of likely N-dealkylation sites (N-methyl/N-ethyl adjacent to an activating group) is 1. The molecular formula is C19H27NO4. The quantitative estimate of drug-likeness (QED) is 0.795. The Morgan fingerprint density at radius 1 is 1.12 bits per heavy atom. The Hall–Kier alpha value is -2.01. The average molecular weight is 333 g/mol. The summed E-state index contributed by atoms with van der Waals surface area (Å²) in [7, 11) is 5.38. The van der Waals surface area contributed by atoms with Gasteiger partial charge in [0.05, 0.1) is 14.2 Å². The zero-order chi connectivity index (χ0) is 17.5. The molecule has 2 aliphatic rings. The van der Waals surface area contributed by atoms with Crippen molar-refractivity contribution >= 4 is 5.97 Å². The maximum Gasteiger partial charge on any atom is 0.307 e. The number of carbonyl (C=O) groups excluding carboxylic acids is 1. The van der Waals surface area contributed by atoms with E-state index in [0.29, 0.717) is 6.04 Å². The van der Waals surface area contributed by atoms with Crippen LogP contribution in [0.4, 0.5) is 0 Å². The molecule has 1 aliphatic heterocycles. The number of ether oxygens (including phenoxy) is 3. The van der Waals surface area contributed by atoms with Gasteiger partial charge in [-0.3, -0.25) is 9.69 Å². The topological polar surface area (TPSA) is 48.0 Å². The van der Waals surface area contributed by atoms with Crippen LogP contribution in [0.1, 0.15) is 26.2 Å². The largest absolute Gasteiger partial charge is 0.493 e. The summed E-state index contributed by atoms with van der Waals surface area (Å²) < 4.78 is 15.2. The maximum absolute atomic E-state index is 10.8. The third-order valence-corrected chi connectivity index (χ3v) is 4.53. The molecule has 0 spiro atoms. The molecule has 3 rings (SSSR count). The number of hydrogen-bond acceptors (Lipinski definition) is 5. The first-order valence-corrected chi connectivity index (χ1v) is 8.31. The third kappa shape index (κ3) is 4.74. The zero-order valence-electron chi connectivity index (χ0n) is 15.0. The number of likely N-dealkylation sites (tertiary alicyclic amines) is 1. The fourth-order valence-electron chi connectivity index (χ4n) is 3.29. The number of allylic oxidation sites excluding steroid dienone is 1. The standard InChI is InChI=1S/C11H17NO2.C8H10O2/c1-8(13)14-10-4-3-9-5-6-12(2)11(9)7-10;1-9-7-5-3-4-6-8(7)10-2/h7,9,11H,3-6H2,1-2H3;3-6H,1-2H3/t9-,11?;/m0./s1. The number of nitrogens with zero attached hydrogens (tertiary/aromatic N) is 1. The summed E-state index contributed by atoms with van der Waals surface area (Å²) in [4.78, 5) is 13.1. The van der Waals surface area contributed by atoms with Gasteiger partial charge in [-0.15, -0.1) is 0 Å². The lowest BCUT2D eigenvalue weighted by Crippen LogP contribution is -2.30. The van der Waals surface area contributed by atoms with Gasteiger partial charge in [0.1, 0.15) is 5.76 Å². The molecule has 5 nitrogen and oxygen atoms in total.